The number of anilines is 2. The van der Waals surface area contributed by atoms with Gasteiger partial charge in [-0.05, 0) is 24.3 Å². The van der Waals surface area contributed by atoms with Gasteiger partial charge in [0.05, 0.1) is 16.9 Å². The van der Waals surface area contributed by atoms with Gasteiger partial charge in [0.2, 0.25) is 5.78 Å². The molecule has 1 aromatic heterocycles. The van der Waals surface area contributed by atoms with E-state index >= 15 is 0 Å². The van der Waals surface area contributed by atoms with Gasteiger partial charge in [-0.25, -0.2) is 0 Å². The number of Topliss-reactive ketones (excluding diaryl/α,β-unsaturated/α-hetero) is 1. The minimum absolute atomic E-state index is 0.0108. The Kier molecular flexibility index (Phi) is 2.84. The van der Waals surface area contributed by atoms with E-state index < -0.39 is 30.0 Å². The second kappa shape index (κ2) is 4.70. The summed E-state index contributed by atoms with van der Waals surface area (Å²) in [5.74, 6) is -1.46. The molecule has 0 aliphatic carbocycles. The van der Waals surface area contributed by atoms with Gasteiger partial charge in [-0.15, -0.1) is 13.2 Å². The highest BCUT2D eigenvalue weighted by molar-refractivity contribution is 6.25. The number of carbonyl (C=O) groups is 2. The summed E-state index contributed by atoms with van der Waals surface area (Å²) in [5, 5.41) is 2.91. The number of pyridine rings is 1. The number of alkyl halides is 3. The molecule has 0 saturated heterocycles. The molecule has 0 radical (unpaired) electrons. The third kappa shape index (κ3) is 2.08. The molecule has 4 rings (SSSR count). The first kappa shape index (κ1) is 14.5. The molecule has 2 aliphatic rings. The Bertz CT molecular complexity index is 882. The number of nitrogens with zero attached hydrogens (tertiary/aromatic N) is 2. The van der Waals surface area contributed by atoms with E-state index in [1.807, 2.05) is 0 Å². The normalized spacial score (nSPS) is 18.6. The van der Waals surface area contributed by atoms with Crippen LogP contribution in [0, 0.1) is 0 Å². The summed E-state index contributed by atoms with van der Waals surface area (Å²) < 4.78 is 40.8. The molecule has 2 aliphatic heterocycles. The highest BCUT2D eigenvalue weighted by Gasteiger charge is 2.45. The number of carbonyl (C=O) groups excluding carboxylic acids is 2. The van der Waals surface area contributed by atoms with Crippen molar-refractivity contribution in [1.82, 2.24) is 4.98 Å². The Morgan fingerprint density at radius 1 is 1.17 bits per heavy atom. The van der Waals surface area contributed by atoms with Crippen LogP contribution in [-0.4, -0.2) is 29.2 Å². The van der Waals surface area contributed by atoms with E-state index in [0.717, 1.165) is 12.1 Å². The Labute approximate surface area is 132 Å². The smallest absolute Gasteiger partial charge is 0.406 e. The summed E-state index contributed by atoms with van der Waals surface area (Å²) in [4.78, 5) is 30.2. The van der Waals surface area contributed by atoms with Crippen LogP contribution in [0.25, 0.3) is 0 Å². The van der Waals surface area contributed by atoms with Gasteiger partial charge in [-0.1, -0.05) is 0 Å². The third-order valence-electron chi connectivity index (χ3n) is 3.80. The number of aromatic nitrogens is 1. The molecule has 0 bridgehead atoms. The van der Waals surface area contributed by atoms with Crippen LogP contribution in [0.15, 0.2) is 36.7 Å². The van der Waals surface area contributed by atoms with E-state index in [0.29, 0.717) is 5.69 Å². The molecule has 3 heterocycles. The molecule has 1 N–H and O–H groups in total. The minimum Gasteiger partial charge on any atom is -0.406 e. The summed E-state index contributed by atoms with van der Waals surface area (Å²) in [6, 6.07) is 4.86. The number of nitrogens with one attached hydrogen (secondary N) is 1. The summed E-state index contributed by atoms with van der Waals surface area (Å²) in [5.41, 5.74) is 0.948. The van der Waals surface area contributed by atoms with Gasteiger partial charge in [0.1, 0.15) is 5.75 Å². The second-order valence-electron chi connectivity index (χ2n) is 5.23. The number of fused-ring (bicyclic) bond motifs is 4. The van der Waals surface area contributed by atoms with E-state index in [1.54, 1.807) is 6.07 Å². The van der Waals surface area contributed by atoms with Crippen molar-refractivity contribution in [3.63, 3.8) is 0 Å². The molecule has 9 heteroatoms. The maximum atomic E-state index is 12.6. The molecule has 1 amide bonds. The zero-order valence-electron chi connectivity index (χ0n) is 11.8. The third-order valence-corrected chi connectivity index (χ3v) is 3.80. The van der Waals surface area contributed by atoms with Crippen LogP contribution < -0.4 is 15.0 Å². The molecular formula is C15H8F3N3O3. The number of halogens is 3. The highest BCUT2D eigenvalue weighted by atomic mass is 19.4. The Hall–Kier alpha value is -3.10. The lowest BCUT2D eigenvalue weighted by Crippen LogP contribution is -2.49. The molecule has 1 unspecified atom stereocenters. The van der Waals surface area contributed by atoms with Crippen molar-refractivity contribution in [2.45, 2.75) is 12.5 Å². The van der Waals surface area contributed by atoms with Gasteiger partial charge in [0, 0.05) is 18.0 Å². The fourth-order valence-corrected chi connectivity index (χ4v) is 2.85. The summed E-state index contributed by atoms with van der Waals surface area (Å²) in [7, 11) is 0. The molecule has 2 aromatic rings. The van der Waals surface area contributed by atoms with Gasteiger partial charge < -0.3 is 10.1 Å². The molecule has 122 valence electrons. The van der Waals surface area contributed by atoms with E-state index in [1.165, 1.54) is 23.4 Å². The van der Waals surface area contributed by atoms with E-state index in [9.17, 15) is 22.8 Å². The van der Waals surface area contributed by atoms with Gasteiger partial charge in [0.15, 0.2) is 6.17 Å². The van der Waals surface area contributed by atoms with Crippen molar-refractivity contribution in [2.75, 3.05) is 10.2 Å². The van der Waals surface area contributed by atoms with Crippen molar-refractivity contribution in [3.8, 4) is 5.75 Å². The number of amides is 1. The van der Waals surface area contributed by atoms with Crippen LogP contribution in [0.5, 0.6) is 5.75 Å². The Morgan fingerprint density at radius 3 is 2.71 bits per heavy atom. The van der Waals surface area contributed by atoms with E-state index in [2.05, 4.69) is 15.0 Å². The summed E-state index contributed by atoms with van der Waals surface area (Å²) >= 11 is 0. The summed E-state index contributed by atoms with van der Waals surface area (Å²) in [6.07, 6.45) is -3.02. The van der Waals surface area contributed by atoms with Crippen LogP contribution in [-0.2, 0) is 0 Å². The zero-order valence-corrected chi connectivity index (χ0v) is 11.8. The fraction of sp³-hybridized carbons (Fsp3) is 0.133. The Morgan fingerprint density at radius 2 is 1.96 bits per heavy atom. The van der Waals surface area contributed by atoms with Crippen molar-refractivity contribution in [2.24, 2.45) is 0 Å². The Balaban J connectivity index is 1.77. The van der Waals surface area contributed by atoms with Gasteiger partial charge in [0.25, 0.3) is 5.91 Å². The maximum Gasteiger partial charge on any atom is 0.573 e. The molecule has 1 atom stereocenters. The lowest BCUT2D eigenvalue weighted by molar-refractivity contribution is -0.274. The number of ether oxygens (including phenoxy) is 1. The van der Waals surface area contributed by atoms with Crippen molar-refractivity contribution >= 4 is 23.1 Å². The molecule has 0 fully saturated rings. The van der Waals surface area contributed by atoms with Gasteiger partial charge in [-0.3, -0.25) is 19.5 Å². The van der Waals surface area contributed by atoms with Crippen molar-refractivity contribution in [3.05, 3.63) is 47.8 Å². The predicted octanol–water partition coefficient (Wildman–Crippen LogP) is 2.57. The SMILES string of the molecule is O=C1c2cc(OC(F)(F)F)ccc2N2C(=O)c3cnccc3NC12. The highest BCUT2D eigenvalue weighted by Crippen LogP contribution is 2.40. The number of hydrogen-bond donors (Lipinski definition) is 1. The standard InChI is InChI=1S/C15H8F3N3O3/c16-15(17,18)24-7-1-2-11-8(5-7)12(22)13-20-10-3-4-19-6-9(10)14(23)21(11)13/h1-6,13,20H. The van der Waals surface area contributed by atoms with Crippen LogP contribution in [0.4, 0.5) is 24.5 Å². The zero-order chi connectivity index (χ0) is 17.1. The van der Waals surface area contributed by atoms with E-state index in [4.69, 9.17) is 0 Å². The van der Waals surface area contributed by atoms with Crippen molar-refractivity contribution in [1.29, 1.82) is 0 Å². The maximum absolute atomic E-state index is 12.6. The van der Waals surface area contributed by atoms with Crippen molar-refractivity contribution < 1.29 is 27.5 Å². The van der Waals surface area contributed by atoms with Crippen LogP contribution in [0.3, 0.4) is 0 Å². The molecular weight excluding hydrogens is 327 g/mol. The number of ketones is 1. The van der Waals surface area contributed by atoms with Crippen LogP contribution in [0.1, 0.15) is 20.7 Å². The molecule has 0 spiro atoms. The number of hydrogen-bond acceptors (Lipinski definition) is 5. The molecule has 24 heavy (non-hydrogen) atoms. The average Bonchev–Trinajstić information content (AvgIpc) is 2.79. The lowest BCUT2D eigenvalue weighted by atomic mass is 10.1. The molecule has 1 aromatic carbocycles. The molecule has 6 nitrogen and oxygen atoms in total. The summed E-state index contributed by atoms with van der Waals surface area (Å²) in [6.45, 7) is 0. The first-order chi connectivity index (χ1) is 11.3. The quantitative estimate of drug-likeness (QED) is 0.867. The number of rotatable bonds is 1. The van der Waals surface area contributed by atoms with Gasteiger partial charge >= 0.3 is 6.36 Å². The number of benzene rings is 1. The predicted molar refractivity (Wildman–Crippen MR) is 75.9 cm³/mol. The topological polar surface area (TPSA) is 71.5 Å². The lowest BCUT2D eigenvalue weighted by Gasteiger charge is -2.31. The largest absolute Gasteiger partial charge is 0.573 e. The van der Waals surface area contributed by atoms with E-state index in [-0.39, 0.29) is 16.8 Å². The first-order valence-corrected chi connectivity index (χ1v) is 6.83. The first-order valence-electron chi connectivity index (χ1n) is 6.83. The minimum atomic E-state index is -4.86. The van der Waals surface area contributed by atoms with Gasteiger partial charge in [-0.2, -0.15) is 0 Å². The second-order valence-corrected chi connectivity index (χ2v) is 5.23. The van der Waals surface area contributed by atoms with Crippen LogP contribution >= 0.6 is 0 Å². The fourth-order valence-electron chi connectivity index (χ4n) is 2.85. The monoisotopic (exact) mass is 335 g/mol. The molecule has 0 saturated carbocycles. The van der Waals surface area contributed by atoms with Crippen LogP contribution in [0.2, 0.25) is 0 Å². The average molecular weight is 335 g/mol.